The Morgan fingerprint density at radius 1 is 1.36 bits per heavy atom. The highest BCUT2D eigenvalue weighted by atomic mass is 14.5. The fourth-order valence-corrected chi connectivity index (χ4v) is 1.02. The van der Waals surface area contributed by atoms with Crippen molar-refractivity contribution in [1.82, 2.24) is 0 Å². The van der Waals surface area contributed by atoms with E-state index in [1.54, 1.807) is 0 Å². The van der Waals surface area contributed by atoms with Gasteiger partial charge in [-0.15, -0.1) is 0 Å². The van der Waals surface area contributed by atoms with Gasteiger partial charge >= 0.3 is 0 Å². The van der Waals surface area contributed by atoms with Gasteiger partial charge in [0.15, 0.2) is 0 Å². The minimum atomic E-state index is 0.841. The monoisotopic (exact) mass is 147 g/mol. The smallest absolute Gasteiger partial charge is 0.0387 e. The van der Waals surface area contributed by atoms with Crippen molar-refractivity contribution in [1.29, 1.82) is 0 Å². The van der Waals surface area contributed by atoms with Gasteiger partial charge in [0.25, 0.3) is 0 Å². The van der Waals surface area contributed by atoms with E-state index in [-0.39, 0.29) is 0 Å². The second kappa shape index (κ2) is 3.24. The summed E-state index contributed by atoms with van der Waals surface area (Å²) < 4.78 is 0. The van der Waals surface area contributed by atoms with Crippen molar-refractivity contribution in [2.75, 3.05) is 5.73 Å². The van der Waals surface area contributed by atoms with Crippen LogP contribution < -0.4 is 5.73 Å². The van der Waals surface area contributed by atoms with E-state index < -0.39 is 0 Å². The molecule has 0 aliphatic rings. The van der Waals surface area contributed by atoms with E-state index in [9.17, 15) is 0 Å². The Kier molecular flexibility index (Phi) is 2.32. The number of anilines is 1. The van der Waals surface area contributed by atoms with Gasteiger partial charge in [-0.25, -0.2) is 0 Å². The third-order valence-electron chi connectivity index (χ3n) is 1.59. The minimum Gasteiger partial charge on any atom is -0.398 e. The molecule has 1 rings (SSSR count). The summed E-state index contributed by atoms with van der Waals surface area (Å²) in [5.74, 6) is 0. The van der Waals surface area contributed by atoms with Gasteiger partial charge in [0.05, 0.1) is 0 Å². The van der Waals surface area contributed by atoms with Crippen LogP contribution in [0.3, 0.4) is 0 Å². The second-order valence-electron chi connectivity index (χ2n) is 2.63. The third-order valence-corrected chi connectivity index (χ3v) is 1.59. The third kappa shape index (κ3) is 1.84. The topological polar surface area (TPSA) is 26.0 Å². The van der Waals surface area contributed by atoms with Crippen LogP contribution in [0, 0.1) is 6.92 Å². The molecule has 0 amide bonds. The molecule has 0 saturated carbocycles. The molecular formula is C10H13N. The highest BCUT2D eigenvalue weighted by molar-refractivity contribution is 5.64. The largest absolute Gasteiger partial charge is 0.398 e. The van der Waals surface area contributed by atoms with Crippen molar-refractivity contribution in [3.05, 3.63) is 35.4 Å². The lowest BCUT2D eigenvalue weighted by Gasteiger charge is -2.00. The predicted molar refractivity (Wildman–Crippen MR) is 50.3 cm³/mol. The maximum atomic E-state index is 5.72. The Labute approximate surface area is 67.5 Å². The van der Waals surface area contributed by atoms with E-state index in [2.05, 4.69) is 13.0 Å². The van der Waals surface area contributed by atoms with Gasteiger partial charge in [0.2, 0.25) is 0 Å². The van der Waals surface area contributed by atoms with Gasteiger partial charge in [0, 0.05) is 5.69 Å². The Balaban J connectivity index is 3.12. The standard InChI is InChI=1S/C10H13N/c1-3-4-9-7-8(2)5-6-10(9)11/h3-7H,11H2,1-2H3/b4-3+. The Bertz CT molecular complexity index is 274. The second-order valence-corrected chi connectivity index (χ2v) is 2.63. The van der Waals surface area contributed by atoms with Crippen LogP contribution in [0.2, 0.25) is 0 Å². The first-order chi connectivity index (χ1) is 5.24. The average molecular weight is 147 g/mol. The molecule has 0 radical (unpaired) electrons. The lowest BCUT2D eigenvalue weighted by Crippen LogP contribution is -1.88. The summed E-state index contributed by atoms with van der Waals surface area (Å²) in [6.07, 6.45) is 4.01. The number of allylic oxidation sites excluding steroid dienone is 1. The Hall–Kier alpha value is -1.24. The number of nitrogens with two attached hydrogens (primary N) is 1. The summed E-state index contributed by atoms with van der Waals surface area (Å²) in [4.78, 5) is 0. The molecule has 0 aromatic heterocycles. The molecule has 0 saturated heterocycles. The van der Waals surface area contributed by atoms with Crippen LogP contribution in [0.25, 0.3) is 6.08 Å². The van der Waals surface area contributed by atoms with Gasteiger partial charge in [0.1, 0.15) is 0 Å². The molecule has 0 aliphatic carbocycles. The van der Waals surface area contributed by atoms with E-state index in [0.717, 1.165) is 11.3 Å². The minimum absolute atomic E-state index is 0.841. The predicted octanol–water partition coefficient (Wildman–Crippen LogP) is 2.61. The summed E-state index contributed by atoms with van der Waals surface area (Å²) >= 11 is 0. The number of benzene rings is 1. The van der Waals surface area contributed by atoms with Crippen LogP contribution in [0.1, 0.15) is 18.1 Å². The zero-order valence-corrected chi connectivity index (χ0v) is 6.96. The number of nitrogen functional groups attached to an aromatic ring is 1. The van der Waals surface area contributed by atoms with Gasteiger partial charge in [-0.2, -0.15) is 0 Å². The van der Waals surface area contributed by atoms with Crippen molar-refractivity contribution in [2.24, 2.45) is 0 Å². The van der Waals surface area contributed by atoms with E-state index in [4.69, 9.17) is 5.73 Å². The van der Waals surface area contributed by atoms with Crippen molar-refractivity contribution in [3.63, 3.8) is 0 Å². The van der Waals surface area contributed by atoms with Crippen molar-refractivity contribution < 1.29 is 0 Å². The number of hydrogen-bond donors (Lipinski definition) is 1. The number of rotatable bonds is 1. The van der Waals surface area contributed by atoms with Crippen LogP contribution >= 0.6 is 0 Å². The molecule has 0 heterocycles. The fraction of sp³-hybridized carbons (Fsp3) is 0.200. The van der Waals surface area contributed by atoms with E-state index in [0.29, 0.717) is 0 Å². The first-order valence-corrected chi connectivity index (χ1v) is 3.73. The van der Waals surface area contributed by atoms with Crippen LogP contribution in [-0.4, -0.2) is 0 Å². The van der Waals surface area contributed by atoms with Gasteiger partial charge in [-0.05, 0) is 31.5 Å². The van der Waals surface area contributed by atoms with E-state index in [1.807, 2.05) is 31.2 Å². The molecule has 0 aliphatic heterocycles. The normalized spacial score (nSPS) is 10.7. The molecule has 1 nitrogen and oxygen atoms in total. The lowest BCUT2D eigenvalue weighted by molar-refractivity contribution is 1.46. The molecule has 2 N–H and O–H groups in total. The average Bonchev–Trinajstić information content (AvgIpc) is 1.98. The van der Waals surface area contributed by atoms with Crippen LogP contribution in [0.15, 0.2) is 24.3 Å². The SMILES string of the molecule is C/C=C/c1cc(C)ccc1N. The summed E-state index contributed by atoms with van der Waals surface area (Å²) in [5.41, 5.74) is 8.91. The maximum Gasteiger partial charge on any atom is 0.0387 e. The van der Waals surface area contributed by atoms with E-state index >= 15 is 0 Å². The number of aryl methyl sites for hydroxylation is 1. The molecule has 0 atom stereocenters. The van der Waals surface area contributed by atoms with Gasteiger partial charge in [-0.3, -0.25) is 0 Å². The first-order valence-electron chi connectivity index (χ1n) is 3.73. The highest BCUT2D eigenvalue weighted by Gasteiger charge is 1.92. The van der Waals surface area contributed by atoms with Gasteiger partial charge in [-0.1, -0.05) is 23.8 Å². The van der Waals surface area contributed by atoms with Crippen LogP contribution in [0.4, 0.5) is 5.69 Å². The zero-order chi connectivity index (χ0) is 8.27. The lowest BCUT2D eigenvalue weighted by atomic mass is 10.1. The molecule has 0 unspecified atom stereocenters. The molecular weight excluding hydrogens is 134 g/mol. The van der Waals surface area contributed by atoms with Crippen LogP contribution in [-0.2, 0) is 0 Å². The molecule has 58 valence electrons. The summed E-state index contributed by atoms with van der Waals surface area (Å²) in [5, 5.41) is 0. The molecule has 1 aromatic rings. The molecule has 1 aromatic carbocycles. The first kappa shape index (κ1) is 7.86. The summed E-state index contributed by atoms with van der Waals surface area (Å²) in [6.45, 7) is 4.05. The van der Waals surface area contributed by atoms with E-state index in [1.165, 1.54) is 5.56 Å². The molecule has 1 heteroatoms. The summed E-state index contributed by atoms with van der Waals surface area (Å²) in [7, 11) is 0. The van der Waals surface area contributed by atoms with Gasteiger partial charge < -0.3 is 5.73 Å². The van der Waals surface area contributed by atoms with Crippen LogP contribution in [0.5, 0.6) is 0 Å². The highest BCUT2D eigenvalue weighted by Crippen LogP contribution is 2.14. The van der Waals surface area contributed by atoms with Crippen molar-refractivity contribution in [2.45, 2.75) is 13.8 Å². The quantitative estimate of drug-likeness (QED) is 0.607. The van der Waals surface area contributed by atoms with Crippen molar-refractivity contribution >= 4 is 11.8 Å². The maximum absolute atomic E-state index is 5.72. The molecule has 0 bridgehead atoms. The Morgan fingerprint density at radius 2 is 2.09 bits per heavy atom. The van der Waals surface area contributed by atoms with Crippen molar-refractivity contribution in [3.8, 4) is 0 Å². The summed E-state index contributed by atoms with van der Waals surface area (Å²) in [6, 6.07) is 6.03. The fourth-order valence-electron chi connectivity index (χ4n) is 1.02. The molecule has 11 heavy (non-hydrogen) atoms. The zero-order valence-electron chi connectivity index (χ0n) is 6.96. The molecule has 0 spiro atoms. The Morgan fingerprint density at radius 3 is 2.73 bits per heavy atom. The number of hydrogen-bond acceptors (Lipinski definition) is 1. The molecule has 0 fully saturated rings.